The molecule has 146 valence electrons. The molecule has 0 amide bonds. The van der Waals surface area contributed by atoms with Gasteiger partial charge in [0.1, 0.15) is 6.10 Å². The largest absolute Gasteiger partial charge is 0.481 e. The molecule has 3 aromatic rings. The van der Waals surface area contributed by atoms with Crippen LogP contribution in [-0.2, 0) is 11.2 Å². The van der Waals surface area contributed by atoms with E-state index in [0.717, 1.165) is 29.9 Å². The van der Waals surface area contributed by atoms with E-state index in [2.05, 4.69) is 6.92 Å². The summed E-state index contributed by atoms with van der Waals surface area (Å²) < 4.78 is 40.9. The highest BCUT2D eigenvalue weighted by Gasteiger charge is 2.19. The van der Waals surface area contributed by atoms with Gasteiger partial charge in [0.05, 0.1) is 13.2 Å². The number of benzene rings is 2. The van der Waals surface area contributed by atoms with Gasteiger partial charge < -0.3 is 9.47 Å². The Bertz CT molecular complexity index is 944. The van der Waals surface area contributed by atoms with E-state index in [1.54, 1.807) is 18.2 Å². The lowest BCUT2D eigenvalue weighted by Gasteiger charge is -2.22. The van der Waals surface area contributed by atoms with Crippen LogP contribution in [-0.4, -0.2) is 19.3 Å². The molecule has 2 aromatic carbocycles. The molecule has 0 N–H and O–H groups in total. The van der Waals surface area contributed by atoms with E-state index in [4.69, 9.17) is 9.47 Å². The van der Waals surface area contributed by atoms with Crippen molar-refractivity contribution < 1.29 is 18.3 Å². The zero-order valence-corrected chi connectivity index (χ0v) is 16.5. The standard InChI is InChI=1S/C23H22F2O2S/c1-2-15-3-5-16(6-4-15)18-7-8-19(23(25)22(18)24)20-9-10-21(28-20)27-17-11-13-26-14-12-17/h3-10,17H,2,11-14H2,1H3. The van der Waals surface area contributed by atoms with Gasteiger partial charge >= 0.3 is 0 Å². The number of rotatable bonds is 5. The molecule has 2 nitrogen and oxygen atoms in total. The molecule has 5 heteroatoms. The van der Waals surface area contributed by atoms with Crippen LogP contribution in [0.4, 0.5) is 8.78 Å². The van der Waals surface area contributed by atoms with Crippen LogP contribution >= 0.6 is 11.3 Å². The number of aryl methyl sites for hydroxylation is 1. The number of hydrogen-bond donors (Lipinski definition) is 0. The highest BCUT2D eigenvalue weighted by molar-refractivity contribution is 7.17. The van der Waals surface area contributed by atoms with Gasteiger partial charge in [0.15, 0.2) is 16.7 Å². The number of thiophene rings is 1. The lowest BCUT2D eigenvalue weighted by Crippen LogP contribution is -2.25. The monoisotopic (exact) mass is 400 g/mol. The normalized spacial score (nSPS) is 15.0. The van der Waals surface area contributed by atoms with E-state index in [-0.39, 0.29) is 17.2 Å². The summed E-state index contributed by atoms with van der Waals surface area (Å²) in [6, 6.07) is 14.5. The average molecular weight is 400 g/mol. The zero-order chi connectivity index (χ0) is 19.5. The Morgan fingerprint density at radius 1 is 0.929 bits per heavy atom. The fraction of sp³-hybridized carbons (Fsp3) is 0.304. The first-order chi connectivity index (χ1) is 13.7. The Labute approximate surface area is 167 Å². The third kappa shape index (κ3) is 3.96. The minimum atomic E-state index is -0.823. The SMILES string of the molecule is CCc1ccc(-c2ccc(-c3ccc(OC4CCOCC4)s3)c(F)c2F)cc1. The van der Waals surface area contributed by atoms with Crippen molar-refractivity contribution in [3.05, 3.63) is 65.7 Å². The van der Waals surface area contributed by atoms with Gasteiger partial charge in [0, 0.05) is 28.8 Å². The molecule has 0 atom stereocenters. The summed E-state index contributed by atoms with van der Waals surface area (Å²) >= 11 is 1.34. The van der Waals surface area contributed by atoms with E-state index in [1.165, 1.54) is 11.3 Å². The van der Waals surface area contributed by atoms with Crippen LogP contribution in [0.2, 0.25) is 0 Å². The van der Waals surface area contributed by atoms with Crippen LogP contribution in [0.5, 0.6) is 5.06 Å². The summed E-state index contributed by atoms with van der Waals surface area (Å²) in [6.07, 6.45) is 2.73. The molecule has 1 saturated heterocycles. The smallest absolute Gasteiger partial charge is 0.174 e. The van der Waals surface area contributed by atoms with Crippen LogP contribution < -0.4 is 4.74 Å². The van der Waals surface area contributed by atoms with Gasteiger partial charge in [-0.3, -0.25) is 0 Å². The molecular formula is C23H22F2O2S. The Kier molecular flexibility index (Phi) is 5.74. The van der Waals surface area contributed by atoms with Crippen molar-refractivity contribution in [3.63, 3.8) is 0 Å². The zero-order valence-electron chi connectivity index (χ0n) is 15.7. The molecule has 0 bridgehead atoms. The number of hydrogen-bond acceptors (Lipinski definition) is 3. The minimum Gasteiger partial charge on any atom is -0.481 e. The van der Waals surface area contributed by atoms with Gasteiger partial charge in [-0.15, -0.1) is 0 Å². The summed E-state index contributed by atoms with van der Waals surface area (Å²) in [7, 11) is 0. The van der Waals surface area contributed by atoms with Gasteiger partial charge in [-0.25, -0.2) is 8.78 Å². The molecule has 1 aromatic heterocycles. The van der Waals surface area contributed by atoms with Gasteiger partial charge in [0.25, 0.3) is 0 Å². The Balaban J connectivity index is 1.57. The first-order valence-electron chi connectivity index (χ1n) is 9.57. The predicted molar refractivity (Wildman–Crippen MR) is 109 cm³/mol. The molecule has 28 heavy (non-hydrogen) atoms. The molecule has 1 aliphatic heterocycles. The van der Waals surface area contributed by atoms with E-state index in [1.807, 2.05) is 30.3 Å². The second-order valence-corrected chi connectivity index (χ2v) is 7.93. The molecule has 1 aliphatic rings. The van der Waals surface area contributed by atoms with Crippen molar-refractivity contribution in [2.24, 2.45) is 0 Å². The lowest BCUT2D eigenvalue weighted by molar-refractivity contribution is 0.0271. The van der Waals surface area contributed by atoms with Gasteiger partial charge in [-0.05, 0) is 35.7 Å². The van der Waals surface area contributed by atoms with Crippen molar-refractivity contribution in [3.8, 4) is 26.6 Å². The first kappa shape index (κ1) is 19.1. The maximum absolute atomic E-state index is 14.8. The minimum absolute atomic E-state index is 0.121. The van der Waals surface area contributed by atoms with Crippen molar-refractivity contribution in [2.75, 3.05) is 13.2 Å². The van der Waals surface area contributed by atoms with Crippen molar-refractivity contribution in [1.29, 1.82) is 0 Å². The highest BCUT2D eigenvalue weighted by atomic mass is 32.1. The van der Waals surface area contributed by atoms with Gasteiger partial charge in [0.2, 0.25) is 0 Å². The molecule has 1 fully saturated rings. The third-order valence-corrected chi connectivity index (χ3v) is 6.06. The molecule has 0 radical (unpaired) electrons. The molecule has 0 spiro atoms. The summed E-state index contributed by atoms with van der Waals surface area (Å²) in [6.45, 7) is 3.46. The highest BCUT2D eigenvalue weighted by Crippen LogP contribution is 2.38. The van der Waals surface area contributed by atoms with E-state index in [9.17, 15) is 8.78 Å². The predicted octanol–water partition coefficient (Wildman–Crippen LogP) is 6.48. The molecule has 0 unspecified atom stereocenters. The van der Waals surface area contributed by atoms with E-state index >= 15 is 0 Å². The van der Waals surface area contributed by atoms with Gasteiger partial charge in [-0.1, -0.05) is 48.6 Å². The topological polar surface area (TPSA) is 18.5 Å². The third-order valence-electron chi connectivity index (χ3n) is 5.05. The van der Waals surface area contributed by atoms with Crippen LogP contribution in [0.25, 0.3) is 21.6 Å². The van der Waals surface area contributed by atoms with Crippen LogP contribution in [0.3, 0.4) is 0 Å². The molecule has 0 saturated carbocycles. The fourth-order valence-corrected chi connectivity index (χ4v) is 4.31. The molecular weight excluding hydrogens is 378 g/mol. The number of halogens is 2. The van der Waals surface area contributed by atoms with Crippen LogP contribution in [0.15, 0.2) is 48.5 Å². The number of ether oxygens (including phenoxy) is 2. The quantitative estimate of drug-likeness (QED) is 0.488. The Morgan fingerprint density at radius 3 is 2.32 bits per heavy atom. The van der Waals surface area contributed by atoms with Crippen LogP contribution in [0.1, 0.15) is 25.3 Å². The first-order valence-corrected chi connectivity index (χ1v) is 10.4. The fourth-order valence-electron chi connectivity index (χ4n) is 3.37. The molecule has 4 rings (SSSR count). The second-order valence-electron chi connectivity index (χ2n) is 6.89. The summed E-state index contributed by atoms with van der Waals surface area (Å²) in [4.78, 5) is 0.659. The van der Waals surface area contributed by atoms with E-state index in [0.29, 0.717) is 23.7 Å². The lowest BCUT2D eigenvalue weighted by atomic mass is 10.0. The molecule has 2 heterocycles. The Morgan fingerprint density at radius 2 is 1.61 bits per heavy atom. The van der Waals surface area contributed by atoms with Crippen LogP contribution in [0, 0.1) is 11.6 Å². The van der Waals surface area contributed by atoms with Crippen molar-refractivity contribution in [1.82, 2.24) is 0 Å². The van der Waals surface area contributed by atoms with Crippen molar-refractivity contribution >= 4 is 11.3 Å². The van der Waals surface area contributed by atoms with Crippen molar-refractivity contribution in [2.45, 2.75) is 32.3 Å². The second kappa shape index (κ2) is 8.41. The average Bonchev–Trinajstić information content (AvgIpc) is 3.19. The molecule has 0 aliphatic carbocycles. The maximum atomic E-state index is 14.8. The maximum Gasteiger partial charge on any atom is 0.174 e. The summed E-state index contributed by atoms with van der Waals surface area (Å²) in [5, 5.41) is 0.723. The van der Waals surface area contributed by atoms with Gasteiger partial charge in [-0.2, -0.15) is 0 Å². The Hall–Kier alpha value is -2.24. The van der Waals surface area contributed by atoms with E-state index < -0.39 is 11.6 Å². The summed E-state index contributed by atoms with van der Waals surface area (Å²) in [5.74, 6) is -1.64. The summed E-state index contributed by atoms with van der Waals surface area (Å²) in [5.41, 5.74) is 2.38.